The van der Waals surface area contributed by atoms with Crippen molar-refractivity contribution in [1.82, 2.24) is 10.2 Å². The summed E-state index contributed by atoms with van der Waals surface area (Å²) in [6.07, 6.45) is 5.85. The van der Waals surface area contributed by atoms with Crippen molar-refractivity contribution in [3.8, 4) is 0 Å². The summed E-state index contributed by atoms with van der Waals surface area (Å²) in [6, 6.07) is 0.227. The zero-order valence-electron chi connectivity index (χ0n) is 12.5. The second kappa shape index (κ2) is 6.23. The van der Waals surface area contributed by atoms with Crippen molar-refractivity contribution in [1.29, 1.82) is 0 Å². The van der Waals surface area contributed by atoms with Crippen molar-refractivity contribution < 1.29 is 4.79 Å². The number of carbonyl (C=O) groups is 1. The summed E-state index contributed by atoms with van der Waals surface area (Å²) in [7, 11) is 0. The van der Waals surface area contributed by atoms with E-state index < -0.39 is 0 Å². The molecule has 0 bridgehead atoms. The molecule has 4 heteroatoms. The third-order valence-corrected chi connectivity index (χ3v) is 4.71. The maximum Gasteiger partial charge on any atom is 0.227 e. The molecule has 1 aliphatic carbocycles. The maximum atomic E-state index is 12.4. The highest BCUT2D eigenvalue weighted by Crippen LogP contribution is 2.44. The van der Waals surface area contributed by atoms with Gasteiger partial charge in [0.25, 0.3) is 0 Å². The average molecular weight is 267 g/mol. The molecule has 1 saturated heterocycles. The lowest BCUT2D eigenvalue weighted by molar-refractivity contribution is -0.138. The van der Waals surface area contributed by atoms with Crippen molar-refractivity contribution in [2.75, 3.05) is 26.2 Å². The molecular formula is C15H29N3O. The Kier molecular flexibility index (Phi) is 4.85. The van der Waals surface area contributed by atoms with Crippen LogP contribution < -0.4 is 11.1 Å². The van der Waals surface area contributed by atoms with Crippen LogP contribution in [-0.2, 0) is 4.79 Å². The molecule has 0 spiro atoms. The summed E-state index contributed by atoms with van der Waals surface area (Å²) in [4.78, 5) is 14.8. The average Bonchev–Trinajstić information content (AvgIpc) is 2.35. The third-order valence-electron chi connectivity index (χ3n) is 4.71. The van der Waals surface area contributed by atoms with Gasteiger partial charge in [0.1, 0.15) is 0 Å². The monoisotopic (exact) mass is 267 g/mol. The summed E-state index contributed by atoms with van der Waals surface area (Å²) >= 11 is 0. The Morgan fingerprint density at radius 2 is 2.00 bits per heavy atom. The number of hydrogen-bond acceptors (Lipinski definition) is 3. The van der Waals surface area contributed by atoms with E-state index in [1.54, 1.807) is 0 Å². The molecule has 0 aromatic rings. The molecule has 1 amide bonds. The Hall–Kier alpha value is -0.610. The van der Waals surface area contributed by atoms with E-state index in [0.29, 0.717) is 12.5 Å². The third kappa shape index (κ3) is 3.48. The lowest BCUT2D eigenvalue weighted by Gasteiger charge is -2.45. The van der Waals surface area contributed by atoms with E-state index in [1.807, 2.05) is 0 Å². The van der Waals surface area contributed by atoms with Crippen molar-refractivity contribution >= 4 is 5.91 Å². The highest BCUT2D eigenvalue weighted by Gasteiger charge is 2.47. The van der Waals surface area contributed by atoms with Crippen LogP contribution in [0.5, 0.6) is 0 Å². The molecule has 1 unspecified atom stereocenters. The van der Waals surface area contributed by atoms with Gasteiger partial charge in [-0.3, -0.25) is 4.79 Å². The number of hydrogen-bond donors (Lipinski definition) is 2. The highest BCUT2D eigenvalue weighted by molar-refractivity contribution is 5.84. The predicted octanol–water partition coefficient (Wildman–Crippen LogP) is 1.35. The fourth-order valence-electron chi connectivity index (χ4n) is 3.67. The smallest absolute Gasteiger partial charge is 0.227 e. The summed E-state index contributed by atoms with van der Waals surface area (Å²) in [5.41, 5.74) is 5.55. The normalized spacial score (nSPS) is 33.5. The molecule has 110 valence electrons. The number of rotatable bonds is 5. The zero-order chi connectivity index (χ0) is 13.9. The number of carbonyl (C=O) groups excluding carboxylic acids is 1. The van der Waals surface area contributed by atoms with Crippen LogP contribution in [0.3, 0.4) is 0 Å². The molecule has 1 aliphatic heterocycles. The van der Waals surface area contributed by atoms with Gasteiger partial charge in [-0.05, 0) is 51.6 Å². The van der Waals surface area contributed by atoms with E-state index in [1.165, 1.54) is 32.4 Å². The summed E-state index contributed by atoms with van der Waals surface area (Å²) in [5, 5.41) is 3.18. The Bertz CT molecular complexity index is 307. The molecule has 0 radical (unpaired) electrons. The predicted molar refractivity (Wildman–Crippen MR) is 77.8 cm³/mol. The molecule has 3 N–H and O–H groups in total. The van der Waals surface area contributed by atoms with Crippen LogP contribution in [-0.4, -0.2) is 43.0 Å². The minimum absolute atomic E-state index is 0.178. The van der Waals surface area contributed by atoms with Gasteiger partial charge in [0.2, 0.25) is 5.91 Å². The lowest BCUT2D eigenvalue weighted by atomic mass is 9.62. The van der Waals surface area contributed by atoms with Gasteiger partial charge in [-0.15, -0.1) is 0 Å². The van der Waals surface area contributed by atoms with Gasteiger partial charge in [0.05, 0.1) is 5.41 Å². The number of nitrogens with two attached hydrogens (primary N) is 1. The number of nitrogens with one attached hydrogen (secondary N) is 1. The number of nitrogens with zero attached hydrogens (tertiary/aromatic N) is 1. The van der Waals surface area contributed by atoms with Gasteiger partial charge in [-0.25, -0.2) is 0 Å². The van der Waals surface area contributed by atoms with Crippen molar-refractivity contribution in [2.45, 2.75) is 52.0 Å². The van der Waals surface area contributed by atoms with Crippen LogP contribution in [0.25, 0.3) is 0 Å². The molecule has 4 nitrogen and oxygen atoms in total. The first kappa shape index (κ1) is 14.8. The quantitative estimate of drug-likeness (QED) is 0.790. The second-order valence-corrected chi connectivity index (χ2v) is 6.73. The highest BCUT2D eigenvalue weighted by atomic mass is 16.2. The largest absolute Gasteiger partial charge is 0.352 e. The Morgan fingerprint density at radius 3 is 2.53 bits per heavy atom. The number of likely N-dealkylation sites (tertiary alicyclic amines) is 1. The second-order valence-electron chi connectivity index (χ2n) is 6.73. The Morgan fingerprint density at radius 1 is 1.37 bits per heavy atom. The van der Waals surface area contributed by atoms with Crippen LogP contribution in [0, 0.1) is 11.3 Å². The fourth-order valence-corrected chi connectivity index (χ4v) is 3.67. The van der Waals surface area contributed by atoms with Crippen LogP contribution >= 0.6 is 0 Å². The van der Waals surface area contributed by atoms with Crippen LogP contribution in [0.1, 0.15) is 46.0 Å². The van der Waals surface area contributed by atoms with Gasteiger partial charge in [0, 0.05) is 19.1 Å². The van der Waals surface area contributed by atoms with E-state index in [0.717, 1.165) is 19.4 Å². The van der Waals surface area contributed by atoms with E-state index in [4.69, 9.17) is 5.73 Å². The zero-order valence-corrected chi connectivity index (χ0v) is 12.5. The van der Waals surface area contributed by atoms with Crippen molar-refractivity contribution in [2.24, 2.45) is 17.1 Å². The topological polar surface area (TPSA) is 58.4 Å². The Balaban J connectivity index is 1.77. The van der Waals surface area contributed by atoms with Gasteiger partial charge < -0.3 is 16.0 Å². The molecule has 19 heavy (non-hydrogen) atoms. The van der Waals surface area contributed by atoms with E-state index >= 15 is 0 Å². The minimum Gasteiger partial charge on any atom is -0.352 e. The van der Waals surface area contributed by atoms with E-state index in [-0.39, 0.29) is 17.4 Å². The van der Waals surface area contributed by atoms with Crippen molar-refractivity contribution in [3.63, 3.8) is 0 Å². The lowest BCUT2D eigenvalue weighted by Crippen LogP contribution is -2.56. The SMILES string of the molecule is CC1CC(CN)(C(=O)NC(C)CN2CCCCC2)C1. The Labute approximate surface area is 117 Å². The van der Waals surface area contributed by atoms with Gasteiger partial charge in [-0.1, -0.05) is 13.3 Å². The van der Waals surface area contributed by atoms with E-state index in [9.17, 15) is 4.79 Å². The molecule has 2 fully saturated rings. The molecule has 1 saturated carbocycles. The molecular weight excluding hydrogens is 238 g/mol. The molecule has 1 atom stereocenters. The molecule has 2 aliphatic rings. The van der Waals surface area contributed by atoms with Gasteiger partial charge in [-0.2, -0.15) is 0 Å². The molecule has 0 aromatic heterocycles. The summed E-state index contributed by atoms with van der Waals surface area (Å²) < 4.78 is 0. The first-order valence-electron chi connectivity index (χ1n) is 7.79. The number of piperidine rings is 1. The standard InChI is InChI=1S/C15H29N3O/c1-12-8-15(9-12,11-16)14(19)17-13(2)10-18-6-4-3-5-7-18/h12-13H,3-11,16H2,1-2H3,(H,17,19). The van der Waals surface area contributed by atoms with Gasteiger partial charge in [0.15, 0.2) is 0 Å². The molecule has 1 heterocycles. The first-order chi connectivity index (χ1) is 9.05. The van der Waals surface area contributed by atoms with Gasteiger partial charge >= 0.3 is 0 Å². The first-order valence-corrected chi connectivity index (χ1v) is 7.79. The molecule has 2 rings (SSSR count). The number of amides is 1. The maximum absolute atomic E-state index is 12.4. The summed E-state index contributed by atoms with van der Waals surface area (Å²) in [5.74, 6) is 0.823. The summed E-state index contributed by atoms with van der Waals surface area (Å²) in [6.45, 7) is 8.12. The van der Waals surface area contributed by atoms with Crippen LogP contribution in [0.4, 0.5) is 0 Å². The molecule has 0 aromatic carbocycles. The van der Waals surface area contributed by atoms with E-state index in [2.05, 4.69) is 24.1 Å². The van der Waals surface area contributed by atoms with Crippen molar-refractivity contribution in [3.05, 3.63) is 0 Å². The van der Waals surface area contributed by atoms with Crippen LogP contribution in [0.15, 0.2) is 0 Å². The fraction of sp³-hybridized carbons (Fsp3) is 0.933. The minimum atomic E-state index is -0.268. The van der Waals surface area contributed by atoms with Crippen LogP contribution in [0.2, 0.25) is 0 Å².